The lowest BCUT2D eigenvalue weighted by Crippen LogP contribution is -2.42. The molecular weight excluding hydrogens is 259 g/mol. The normalized spacial score (nSPS) is 22.4. The minimum absolute atomic E-state index is 0.139. The smallest absolute Gasteiger partial charge is 0.126 e. The second-order valence-corrected chi connectivity index (χ2v) is 6.56. The van der Waals surface area contributed by atoms with Gasteiger partial charge >= 0.3 is 0 Å². The van der Waals surface area contributed by atoms with E-state index in [-0.39, 0.29) is 11.9 Å². The van der Waals surface area contributed by atoms with Crippen LogP contribution in [0.1, 0.15) is 30.5 Å². The number of aryl methyl sites for hydroxylation is 1. The van der Waals surface area contributed by atoms with E-state index in [1.807, 2.05) is 19.1 Å². The van der Waals surface area contributed by atoms with Crippen molar-refractivity contribution in [3.05, 3.63) is 35.1 Å². The van der Waals surface area contributed by atoms with Crippen LogP contribution >= 0.6 is 11.8 Å². The van der Waals surface area contributed by atoms with Crippen molar-refractivity contribution in [3.63, 3.8) is 0 Å². The molecule has 2 rings (SSSR count). The molecule has 2 atom stereocenters. The Hall–Kier alpha value is -0.580. The number of halogens is 1. The van der Waals surface area contributed by atoms with E-state index in [0.29, 0.717) is 17.4 Å². The lowest BCUT2D eigenvalue weighted by atomic mass is 10.0. The number of hydrogen-bond donors (Lipinski definition) is 1. The van der Waals surface area contributed by atoms with Crippen molar-refractivity contribution in [2.45, 2.75) is 31.6 Å². The summed E-state index contributed by atoms with van der Waals surface area (Å²) in [5.74, 6) is 1.02. The van der Waals surface area contributed by atoms with E-state index in [1.165, 1.54) is 6.42 Å². The third kappa shape index (κ3) is 3.50. The van der Waals surface area contributed by atoms with Gasteiger partial charge in [0.15, 0.2) is 0 Å². The van der Waals surface area contributed by atoms with Crippen LogP contribution in [0, 0.1) is 12.7 Å². The molecule has 1 aliphatic rings. The molecule has 1 aliphatic heterocycles. The summed E-state index contributed by atoms with van der Waals surface area (Å²) in [5, 5.41) is 0.698. The van der Waals surface area contributed by atoms with Crippen LogP contribution in [0.3, 0.4) is 0 Å². The molecule has 0 aromatic heterocycles. The summed E-state index contributed by atoms with van der Waals surface area (Å²) in [4.78, 5) is 2.46. The lowest BCUT2D eigenvalue weighted by molar-refractivity contribution is 0.207. The molecule has 0 bridgehead atoms. The third-order valence-electron chi connectivity index (χ3n) is 3.86. The minimum atomic E-state index is -0.139. The molecule has 106 valence electrons. The fourth-order valence-electron chi connectivity index (χ4n) is 2.64. The van der Waals surface area contributed by atoms with Gasteiger partial charge in [0.1, 0.15) is 5.82 Å². The molecule has 0 aliphatic carbocycles. The maximum Gasteiger partial charge on any atom is 0.126 e. The van der Waals surface area contributed by atoms with Gasteiger partial charge in [-0.05, 0) is 30.5 Å². The van der Waals surface area contributed by atoms with Crippen LogP contribution in [0.4, 0.5) is 4.39 Å². The van der Waals surface area contributed by atoms with Crippen molar-refractivity contribution < 1.29 is 4.39 Å². The molecule has 4 heteroatoms. The van der Waals surface area contributed by atoms with E-state index < -0.39 is 0 Å². The van der Waals surface area contributed by atoms with Crippen molar-refractivity contribution >= 4 is 11.8 Å². The van der Waals surface area contributed by atoms with Gasteiger partial charge in [0.2, 0.25) is 0 Å². The molecule has 0 radical (unpaired) electrons. The van der Waals surface area contributed by atoms with Gasteiger partial charge in [0.05, 0.1) is 0 Å². The van der Waals surface area contributed by atoms with Gasteiger partial charge in [-0.25, -0.2) is 4.39 Å². The Bertz CT molecular complexity index is 425. The molecule has 19 heavy (non-hydrogen) atoms. The Morgan fingerprint density at radius 2 is 2.32 bits per heavy atom. The first kappa shape index (κ1) is 14.8. The predicted octanol–water partition coefficient (Wildman–Crippen LogP) is 2.96. The summed E-state index contributed by atoms with van der Waals surface area (Å²) in [7, 11) is 0. The zero-order valence-electron chi connectivity index (χ0n) is 11.7. The Labute approximate surface area is 119 Å². The molecule has 1 heterocycles. The topological polar surface area (TPSA) is 29.3 Å². The number of nitrogens with two attached hydrogens (primary N) is 1. The van der Waals surface area contributed by atoms with E-state index in [2.05, 4.69) is 23.6 Å². The van der Waals surface area contributed by atoms with Crippen molar-refractivity contribution in [3.8, 4) is 0 Å². The number of nitrogens with zero attached hydrogens (tertiary/aromatic N) is 1. The van der Waals surface area contributed by atoms with E-state index >= 15 is 0 Å². The fourth-order valence-corrected chi connectivity index (χ4v) is 3.85. The number of hydrogen-bond acceptors (Lipinski definition) is 3. The monoisotopic (exact) mass is 282 g/mol. The molecule has 0 spiro atoms. The molecule has 2 N–H and O–H groups in total. The van der Waals surface area contributed by atoms with Gasteiger partial charge in [-0.1, -0.05) is 19.1 Å². The van der Waals surface area contributed by atoms with Crippen molar-refractivity contribution in [2.75, 3.05) is 25.4 Å². The van der Waals surface area contributed by atoms with Crippen molar-refractivity contribution in [2.24, 2.45) is 5.73 Å². The first-order chi connectivity index (χ1) is 9.15. The highest BCUT2D eigenvalue weighted by Gasteiger charge is 2.25. The molecule has 1 saturated heterocycles. The van der Waals surface area contributed by atoms with Crippen LogP contribution in [0.2, 0.25) is 0 Å². The molecule has 0 amide bonds. The fraction of sp³-hybridized carbons (Fsp3) is 0.600. The first-order valence-electron chi connectivity index (χ1n) is 6.97. The van der Waals surface area contributed by atoms with Gasteiger partial charge in [-0.15, -0.1) is 0 Å². The van der Waals surface area contributed by atoms with E-state index in [4.69, 9.17) is 5.73 Å². The molecule has 2 nitrogen and oxygen atoms in total. The summed E-state index contributed by atoms with van der Waals surface area (Å²) >= 11 is 2.05. The first-order valence-corrected chi connectivity index (χ1v) is 8.02. The number of benzene rings is 1. The highest BCUT2D eigenvalue weighted by molar-refractivity contribution is 8.00. The number of rotatable bonds is 4. The van der Waals surface area contributed by atoms with Crippen LogP contribution in [-0.2, 0) is 0 Å². The Morgan fingerprint density at radius 3 is 2.95 bits per heavy atom. The second kappa shape index (κ2) is 6.73. The lowest BCUT2D eigenvalue weighted by Gasteiger charge is -2.37. The van der Waals surface area contributed by atoms with E-state index in [0.717, 1.165) is 24.4 Å². The summed E-state index contributed by atoms with van der Waals surface area (Å²) in [6.45, 7) is 6.79. The van der Waals surface area contributed by atoms with Crippen LogP contribution in [0.15, 0.2) is 18.2 Å². The van der Waals surface area contributed by atoms with Crippen LogP contribution in [0.25, 0.3) is 0 Å². The number of thioether (sulfide) groups is 1. The summed E-state index contributed by atoms with van der Waals surface area (Å²) in [6, 6.07) is 5.59. The quantitative estimate of drug-likeness (QED) is 0.920. The van der Waals surface area contributed by atoms with Gasteiger partial charge in [0.25, 0.3) is 0 Å². The highest BCUT2D eigenvalue weighted by atomic mass is 32.2. The highest BCUT2D eigenvalue weighted by Crippen LogP contribution is 2.28. The molecular formula is C15H23FN2S. The SMILES string of the molecule is CCC1CN(C(CN)c2ccc(F)c(C)c2)CCS1. The summed E-state index contributed by atoms with van der Waals surface area (Å²) < 4.78 is 13.4. The van der Waals surface area contributed by atoms with Crippen LogP contribution < -0.4 is 5.73 Å². The molecule has 1 aromatic carbocycles. The third-order valence-corrected chi connectivity index (χ3v) is 5.23. The van der Waals surface area contributed by atoms with Gasteiger partial charge in [0, 0.05) is 36.7 Å². The predicted molar refractivity (Wildman–Crippen MR) is 81.0 cm³/mol. The zero-order valence-corrected chi connectivity index (χ0v) is 12.5. The van der Waals surface area contributed by atoms with Crippen molar-refractivity contribution in [1.82, 2.24) is 4.90 Å². The Balaban J connectivity index is 2.16. The second-order valence-electron chi connectivity index (χ2n) is 5.16. The largest absolute Gasteiger partial charge is 0.329 e. The van der Waals surface area contributed by atoms with Crippen LogP contribution in [0.5, 0.6) is 0 Å². The average Bonchev–Trinajstić information content (AvgIpc) is 2.44. The Morgan fingerprint density at radius 1 is 1.53 bits per heavy atom. The van der Waals surface area contributed by atoms with Crippen molar-refractivity contribution in [1.29, 1.82) is 0 Å². The van der Waals surface area contributed by atoms with Gasteiger partial charge in [-0.2, -0.15) is 11.8 Å². The van der Waals surface area contributed by atoms with Gasteiger partial charge in [-0.3, -0.25) is 4.90 Å². The van der Waals surface area contributed by atoms with Crippen LogP contribution in [-0.4, -0.2) is 35.5 Å². The van der Waals surface area contributed by atoms with E-state index in [1.54, 1.807) is 6.07 Å². The zero-order chi connectivity index (χ0) is 13.8. The maximum absolute atomic E-state index is 13.4. The molecule has 2 unspecified atom stereocenters. The standard InChI is InChI=1S/C15H23FN2S/c1-3-13-10-18(6-7-19-13)15(9-17)12-4-5-14(16)11(2)8-12/h4-5,8,13,15H,3,6-7,9-10,17H2,1-2H3. The van der Waals surface area contributed by atoms with Gasteiger partial charge < -0.3 is 5.73 Å². The van der Waals surface area contributed by atoms with E-state index in [9.17, 15) is 4.39 Å². The molecule has 0 saturated carbocycles. The summed E-state index contributed by atoms with van der Waals surface area (Å²) in [6.07, 6.45) is 1.20. The summed E-state index contributed by atoms with van der Waals surface area (Å²) in [5.41, 5.74) is 7.81. The molecule has 1 fully saturated rings. The molecule has 1 aromatic rings. The average molecular weight is 282 g/mol. The maximum atomic E-state index is 13.4. The Kier molecular flexibility index (Phi) is 5.25. The minimum Gasteiger partial charge on any atom is -0.329 e.